The highest BCUT2D eigenvalue weighted by molar-refractivity contribution is 9.21. The van der Waals surface area contributed by atoms with E-state index in [0.29, 0.717) is 0 Å². The summed E-state index contributed by atoms with van der Waals surface area (Å²) in [7, 11) is 22.4. The number of aliphatic hydroxyl groups excluding tert-OH is 1. The molecule has 8 atom stereocenters. The summed E-state index contributed by atoms with van der Waals surface area (Å²) in [6, 6.07) is 10.1. The lowest BCUT2D eigenvalue weighted by atomic mass is 9.99. The third-order valence-electron chi connectivity index (χ3n) is 4.45. The fraction of sp³-hybridized carbons (Fsp3) is 0.353. The van der Waals surface area contributed by atoms with Crippen LogP contribution in [0.4, 0.5) is 5.69 Å². The first kappa shape index (κ1) is 38.3. The van der Waals surface area contributed by atoms with E-state index in [1.54, 1.807) is 11.3 Å². The Kier molecular flexibility index (Phi) is 22.4. The normalized spacial score (nSPS) is 14.2. The number of carbonyl (C=O) groups is 1. The van der Waals surface area contributed by atoms with E-state index in [1.807, 2.05) is 35.7 Å². The summed E-state index contributed by atoms with van der Waals surface area (Å²) in [5.74, 6) is -0.0739. The van der Waals surface area contributed by atoms with Crippen LogP contribution in [-0.2, 0) is 16.0 Å². The molecule has 36 heavy (non-hydrogen) atoms. The predicted molar refractivity (Wildman–Crippen MR) is 207 cm³/mol. The third-order valence-corrected chi connectivity index (χ3v) is 73.6. The Bertz CT molecular complexity index is 915. The minimum absolute atomic E-state index is 0.0361. The van der Waals surface area contributed by atoms with Crippen molar-refractivity contribution in [2.24, 2.45) is 5.92 Å². The third kappa shape index (κ3) is 14.2. The number of carbonyl (C=O) groups excluding carboxylic acids is 1. The second kappa shape index (κ2) is 21.1. The summed E-state index contributed by atoms with van der Waals surface area (Å²) < 4.78 is 6.86. The number of benzene rings is 1. The second-order valence-corrected chi connectivity index (χ2v) is 54.7. The standard InChI is InChI=1S/C11H12BrNO2.C6H7BrOS.H14P12/c1-15-11(14)8-6-13(7-8)10-4-2-3-9(12)5-10;7-5-2-4-9-6(5)1-3-8;1-8(2)11(7)12(9(3)4)10(5)6/h2-5,8H,6-7H2,1H3;2,4,8H,1,3H2;1-7H2. The van der Waals surface area contributed by atoms with E-state index in [2.05, 4.69) is 104 Å². The van der Waals surface area contributed by atoms with E-state index in [9.17, 15) is 4.79 Å². The Morgan fingerprint density at radius 3 is 2.08 bits per heavy atom. The number of methoxy groups -OCH3 is 1. The van der Waals surface area contributed by atoms with Crippen molar-refractivity contribution < 1.29 is 14.6 Å². The van der Waals surface area contributed by atoms with Crippen LogP contribution in [0.5, 0.6) is 0 Å². The van der Waals surface area contributed by atoms with E-state index in [1.165, 1.54) is 12.0 Å². The molecule has 8 unspecified atom stereocenters. The van der Waals surface area contributed by atoms with Crippen LogP contribution < -0.4 is 4.90 Å². The number of hydrogen-bond acceptors (Lipinski definition) is 5. The van der Waals surface area contributed by atoms with Gasteiger partial charge in [-0.2, -0.15) is 0 Å². The van der Waals surface area contributed by atoms with E-state index < -0.39 is 0 Å². The number of aliphatic hydroxyl groups is 1. The minimum Gasteiger partial charge on any atom is -0.469 e. The summed E-state index contributed by atoms with van der Waals surface area (Å²) in [4.78, 5) is 14.6. The zero-order valence-electron chi connectivity index (χ0n) is 19.5. The van der Waals surface area contributed by atoms with Crippen LogP contribution in [0.25, 0.3) is 0 Å². The van der Waals surface area contributed by atoms with Gasteiger partial charge in [-0.1, -0.05) is 22.0 Å². The van der Waals surface area contributed by atoms with Crippen LogP contribution in [0.15, 0.2) is 44.7 Å². The molecule has 4 nitrogen and oxygen atoms in total. The molecule has 1 aromatic carbocycles. The summed E-state index contributed by atoms with van der Waals surface area (Å²) in [5, 5.41) is 10.6. The van der Waals surface area contributed by atoms with Crippen LogP contribution in [0.3, 0.4) is 0 Å². The van der Waals surface area contributed by atoms with Gasteiger partial charge in [0.25, 0.3) is 0 Å². The lowest BCUT2D eigenvalue weighted by Crippen LogP contribution is -2.50. The molecule has 1 aliphatic rings. The molecule has 19 heteroatoms. The SMILES string of the molecule is COC(=O)C1CN(c2cccc(Br)c2)C1.OCCc1sccc1Br.PP(P)P(P)P(P(P)P)P(P)P. The summed E-state index contributed by atoms with van der Waals surface area (Å²) in [5.41, 5.74) is 1.14. The van der Waals surface area contributed by atoms with Crippen molar-refractivity contribution >= 4 is 152 Å². The fourth-order valence-electron chi connectivity index (χ4n) is 2.71. The Morgan fingerprint density at radius 2 is 1.69 bits per heavy atom. The van der Waals surface area contributed by atoms with Crippen molar-refractivity contribution in [1.82, 2.24) is 0 Å². The Balaban J connectivity index is 0.000000280. The molecule has 0 aliphatic carbocycles. The largest absolute Gasteiger partial charge is 0.469 e. The number of thiophene rings is 1. The average molecular weight is 863 g/mol. The molecule has 0 spiro atoms. The van der Waals surface area contributed by atoms with Crippen molar-refractivity contribution in [3.8, 4) is 0 Å². The van der Waals surface area contributed by atoms with Gasteiger partial charge in [-0.05, 0) is 80.5 Å². The Labute approximate surface area is 258 Å². The van der Waals surface area contributed by atoms with Crippen molar-refractivity contribution in [2.45, 2.75) is 6.42 Å². The zero-order valence-corrected chi connectivity index (χ0v) is 36.1. The van der Waals surface area contributed by atoms with Gasteiger partial charge in [0.2, 0.25) is 0 Å². The van der Waals surface area contributed by atoms with Crippen molar-refractivity contribution in [1.29, 1.82) is 0 Å². The molecule has 0 bridgehead atoms. The predicted octanol–water partition coefficient (Wildman–Crippen LogP) is 10.7. The first-order chi connectivity index (χ1) is 16.9. The van der Waals surface area contributed by atoms with Gasteiger partial charge in [0, 0.05) is 45.6 Å². The number of nitrogens with zero attached hydrogens (tertiary/aromatic N) is 1. The highest BCUT2D eigenvalue weighted by Gasteiger charge is 2.33. The minimum atomic E-state index is -0.110. The molecule has 1 fully saturated rings. The average Bonchev–Trinajstić information content (AvgIpc) is 3.17. The first-order valence-electron chi connectivity index (χ1n) is 10.1. The highest BCUT2D eigenvalue weighted by Crippen LogP contribution is 3.16. The van der Waals surface area contributed by atoms with Crippen LogP contribution in [-0.4, -0.2) is 37.9 Å². The molecule has 0 amide bonds. The molecule has 0 radical (unpaired) electrons. The summed E-state index contributed by atoms with van der Waals surface area (Å²) in [6.45, 7) is 2.44. The molecule has 1 aromatic heterocycles. The number of halogens is 2. The monoisotopic (exact) mass is 861 g/mol. The van der Waals surface area contributed by atoms with Crippen molar-refractivity contribution in [2.75, 3.05) is 31.7 Å². The molecule has 204 valence electrons. The molecule has 2 heterocycles. The molecule has 3 rings (SSSR count). The van der Waals surface area contributed by atoms with Gasteiger partial charge in [0.1, 0.15) is 0 Å². The lowest BCUT2D eigenvalue weighted by molar-refractivity contribution is -0.146. The van der Waals surface area contributed by atoms with Crippen molar-refractivity contribution in [3.63, 3.8) is 0 Å². The summed E-state index contributed by atoms with van der Waals surface area (Å²) in [6.07, 6.45) is 0.762. The molecular formula is C17H33Br2NO3P12S. The van der Waals surface area contributed by atoms with Gasteiger partial charge in [-0.15, -0.1) is 73.8 Å². The number of rotatable bonds is 8. The van der Waals surface area contributed by atoms with E-state index >= 15 is 0 Å². The quantitative estimate of drug-likeness (QED) is 0.212. The smallest absolute Gasteiger partial charge is 0.312 e. The van der Waals surface area contributed by atoms with Crippen LogP contribution in [0.1, 0.15) is 4.88 Å². The first-order valence-corrected chi connectivity index (χ1v) is 33.4. The number of esters is 1. The van der Waals surface area contributed by atoms with E-state index in [4.69, 9.17) is 5.11 Å². The molecule has 1 N–H and O–H groups in total. The highest BCUT2D eigenvalue weighted by atomic mass is 79.9. The van der Waals surface area contributed by atoms with Gasteiger partial charge >= 0.3 is 5.97 Å². The van der Waals surface area contributed by atoms with Gasteiger partial charge in [0.15, 0.2) is 0 Å². The lowest BCUT2D eigenvalue weighted by Gasteiger charge is -2.39. The van der Waals surface area contributed by atoms with Gasteiger partial charge in [-0.25, -0.2) is 0 Å². The van der Waals surface area contributed by atoms with Crippen LogP contribution in [0, 0.1) is 5.92 Å². The van der Waals surface area contributed by atoms with Gasteiger partial charge in [-0.3, -0.25) is 4.79 Å². The topological polar surface area (TPSA) is 49.8 Å². The molecule has 1 aliphatic heterocycles. The fourth-order valence-corrected chi connectivity index (χ4v) is 107. The Morgan fingerprint density at radius 1 is 1.08 bits per heavy atom. The van der Waals surface area contributed by atoms with E-state index in [0.717, 1.165) is 34.1 Å². The molecule has 1 saturated heterocycles. The van der Waals surface area contributed by atoms with Gasteiger partial charge < -0.3 is 14.7 Å². The zero-order chi connectivity index (χ0) is 27.4. The number of hydrogen-bond donors (Lipinski definition) is 1. The van der Waals surface area contributed by atoms with Crippen LogP contribution >= 0.6 is 141 Å². The molecular weight excluding hydrogens is 830 g/mol. The maximum atomic E-state index is 11.2. The van der Waals surface area contributed by atoms with Crippen LogP contribution in [0.2, 0.25) is 0 Å². The maximum Gasteiger partial charge on any atom is 0.312 e. The van der Waals surface area contributed by atoms with Crippen molar-refractivity contribution in [3.05, 3.63) is 49.5 Å². The Hall–Kier alpha value is 4.27. The number of anilines is 1. The molecule has 2 aromatic rings. The number of ether oxygens (including phenoxy) is 1. The molecule has 0 saturated carbocycles. The van der Waals surface area contributed by atoms with Gasteiger partial charge in [0.05, 0.1) is 13.0 Å². The second-order valence-electron chi connectivity index (χ2n) is 7.00. The van der Waals surface area contributed by atoms with E-state index in [-0.39, 0.29) is 53.4 Å². The summed E-state index contributed by atoms with van der Waals surface area (Å²) >= 11 is 8.46. The maximum absolute atomic E-state index is 11.2.